The molecule has 0 aromatic heterocycles. The molecule has 0 aliphatic heterocycles. The van der Waals surface area contributed by atoms with E-state index >= 15 is 0 Å². The highest BCUT2D eigenvalue weighted by atomic mass is 35.5. The van der Waals surface area contributed by atoms with E-state index in [2.05, 4.69) is 59.2 Å². The molecule has 2 aromatic carbocycles. The summed E-state index contributed by atoms with van der Waals surface area (Å²) in [5.41, 5.74) is 2.66. The molecule has 2 saturated carbocycles. The zero-order valence-electron chi connectivity index (χ0n) is 18.9. The number of aliphatic hydroxyl groups is 2. The molecule has 0 amide bonds. The van der Waals surface area contributed by atoms with Crippen molar-refractivity contribution in [2.24, 2.45) is 11.8 Å². The zero-order chi connectivity index (χ0) is 21.0. The van der Waals surface area contributed by atoms with Gasteiger partial charge in [0.05, 0.1) is 12.2 Å². The Morgan fingerprint density at radius 1 is 0.594 bits per heavy atom. The maximum Gasteiger partial charge on any atom is 0.0543 e. The molecule has 0 saturated heterocycles. The average Bonchev–Trinajstić information content (AvgIpc) is 3.38. The van der Waals surface area contributed by atoms with E-state index in [0.29, 0.717) is 11.8 Å². The van der Waals surface area contributed by atoms with Gasteiger partial charge >= 0.3 is 0 Å². The minimum atomic E-state index is -0.0477. The molecule has 2 aliphatic carbocycles. The third-order valence-corrected chi connectivity index (χ3v) is 6.24. The number of hydrogen-bond donors (Lipinski definition) is 4. The normalized spacial score (nSPS) is 24.1. The fraction of sp³-hybridized carbons (Fsp3) is 0.538. The number of nitrogens with one attached hydrogen (secondary N) is 2. The number of rotatable bonds is 8. The second-order valence-electron chi connectivity index (χ2n) is 8.90. The molecule has 4 nitrogen and oxygen atoms in total. The van der Waals surface area contributed by atoms with Crippen molar-refractivity contribution in [1.29, 1.82) is 0 Å². The van der Waals surface area contributed by atoms with E-state index in [1.54, 1.807) is 0 Å². The van der Waals surface area contributed by atoms with Gasteiger partial charge in [-0.3, -0.25) is 0 Å². The molecular formula is C26H40Cl2N2O2. The second-order valence-corrected chi connectivity index (χ2v) is 8.90. The van der Waals surface area contributed by atoms with Crippen molar-refractivity contribution in [3.05, 3.63) is 71.8 Å². The summed E-state index contributed by atoms with van der Waals surface area (Å²) in [5, 5.41) is 25.7. The minimum absolute atomic E-state index is 0. The van der Waals surface area contributed by atoms with E-state index in [9.17, 15) is 10.2 Å². The Bertz CT molecular complexity index is 644. The lowest BCUT2D eigenvalue weighted by Gasteiger charge is -2.10. The molecule has 4 atom stereocenters. The first-order valence-corrected chi connectivity index (χ1v) is 11.5. The van der Waals surface area contributed by atoms with Crippen molar-refractivity contribution >= 4 is 24.8 Å². The zero-order valence-corrected chi connectivity index (χ0v) is 20.5. The molecule has 32 heavy (non-hydrogen) atoms. The molecule has 4 rings (SSSR count). The van der Waals surface area contributed by atoms with Crippen LogP contribution in [0.5, 0.6) is 0 Å². The lowest BCUT2D eigenvalue weighted by atomic mass is 10.1. The molecule has 4 N–H and O–H groups in total. The van der Waals surface area contributed by atoms with Crippen molar-refractivity contribution < 1.29 is 10.2 Å². The van der Waals surface area contributed by atoms with Crippen LogP contribution >= 0.6 is 24.8 Å². The van der Waals surface area contributed by atoms with Crippen LogP contribution in [0.1, 0.15) is 49.7 Å². The van der Waals surface area contributed by atoms with Crippen LogP contribution < -0.4 is 10.6 Å². The highest BCUT2D eigenvalue weighted by molar-refractivity contribution is 5.85. The van der Waals surface area contributed by atoms with Crippen molar-refractivity contribution in [2.75, 3.05) is 13.1 Å². The predicted molar refractivity (Wildman–Crippen MR) is 137 cm³/mol. The van der Waals surface area contributed by atoms with Gasteiger partial charge in [-0.05, 0) is 74.6 Å². The minimum Gasteiger partial charge on any atom is -0.393 e. The Morgan fingerprint density at radius 3 is 1.28 bits per heavy atom. The van der Waals surface area contributed by atoms with Gasteiger partial charge in [0, 0.05) is 13.1 Å². The van der Waals surface area contributed by atoms with Crippen LogP contribution in [0.4, 0.5) is 0 Å². The highest BCUT2D eigenvalue weighted by Gasteiger charge is 2.22. The van der Waals surface area contributed by atoms with E-state index in [1.807, 2.05) is 12.1 Å². The van der Waals surface area contributed by atoms with Crippen LogP contribution in [0.2, 0.25) is 0 Å². The maximum atomic E-state index is 9.39. The van der Waals surface area contributed by atoms with Gasteiger partial charge < -0.3 is 20.8 Å². The van der Waals surface area contributed by atoms with Gasteiger partial charge in [-0.2, -0.15) is 0 Å². The number of hydrogen-bond acceptors (Lipinski definition) is 4. The predicted octanol–water partition coefficient (Wildman–Crippen LogP) is 4.72. The Kier molecular flexibility index (Phi) is 14.9. The quantitative estimate of drug-likeness (QED) is 0.439. The summed E-state index contributed by atoms with van der Waals surface area (Å²) >= 11 is 0. The van der Waals surface area contributed by atoms with Crippen molar-refractivity contribution in [2.45, 2.75) is 63.8 Å². The SMILES string of the molecule is Cl.Cl.O[C@@H]1CC[C@@H](CNCc2ccccc2)C1.O[C@H]1CC[C@H](CNCc2ccccc2)C1. The summed E-state index contributed by atoms with van der Waals surface area (Å²) in [6.45, 7) is 3.94. The van der Waals surface area contributed by atoms with E-state index < -0.39 is 0 Å². The molecule has 2 aliphatic rings. The number of halogens is 2. The first-order valence-electron chi connectivity index (χ1n) is 11.5. The summed E-state index contributed by atoms with van der Waals surface area (Å²) in [7, 11) is 0. The summed E-state index contributed by atoms with van der Waals surface area (Å²) in [6.07, 6.45) is 6.16. The van der Waals surface area contributed by atoms with Gasteiger partial charge in [0.15, 0.2) is 0 Å². The monoisotopic (exact) mass is 482 g/mol. The summed E-state index contributed by atoms with van der Waals surface area (Å²) in [5.74, 6) is 1.34. The highest BCUT2D eigenvalue weighted by Crippen LogP contribution is 2.25. The smallest absolute Gasteiger partial charge is 0.0543 e. The third kappa shape index (κ3) is 11.1. The van der Waals surface area contributed by atoms with E-state index in [-0.39, 0.29) is 37.0 Å². The number of benzene rings is 2. The lowest BCUT2D eigenvalue weighted by molar-refractivity contribution is 0.177. The van der Waals surface area contributed by atoms with E-state index in [0.717, 1.165) is 51.9 Å². The molecule has 0 heterocycles. The van der Waals surface area contributed by atoms with Gasteiger partial charge in [0.1, 0.15) is 0 Å². The molecule has 6 heteroatoms. The van der Waals surface area contributed by atoms with Crippen molar-refractivity contribution in [3.63, 3.8) is 0 Å². The van der Waals surface area contributed by atoms with Crippen LogP contribution in [-0.2, 0) is 13.1 Å². The Labute approximate surface area is 206 Å². The van der Waals surface area contributed by atoms with Crippen molar-refractivity contribution in [3.8, 4) is 0 Å². The van der Waals surface area contributed by atoms with E-state index in [4.69, 9.17) is 0 Å². The summed E-state index contributed by atoms with van der Waals surface area (Å²) in [6, 6.07) is 20.9. The molecule has 0 spiro atoms. The van der Waals surface area contributed by atoms with Crippen LogP contribution in [0.25, 0.3) is 0 Å². The summed E-state index contributed by atoms with van der Waals surface area (Å²) < 4.78 is 0. The third-order valence-electron chi connectivity index (χ3n) is 6.24. The lowest BCUT2D eigenvalue weighted by Crippen LogP contribution is -2.21. The number of aliphatic hydroxyl groups excluding tert-OH is 2. The second kappa shape index (κ2) is 16.5. The van der Waals surface area contributed by atoms with Crippen molar-refractivity contribution in [1.82, 2.24) is 10.6 Å². The van der Waals surface area contributed by atoms with Gasteiger partial charge in [-0.1, -0.05) is 60.7 Å². The molecule has 2 fully saturated rings. The van der Waals surface area contributed by atoms with Crippen LogP contribution in [-0.4, -0.2) is 35.5 Å². The first-order chi connectivity index (χ1) is 14.7. The van der Waals surface area contributed by atoms with Gasteiger partial charge in [-0.25, -0.2) is 0 Å². The maximum absolute atomic E-state index is 9.39. The molecule has 0 bridgehead atoms. The van der Waals surface area contributed by atoms with Crippen LogP contribution in [0, 0.1) is 11.8 Å². The first kappa shape index (κ1) is 28.9. The Balaban J connectivity index is 0.000000301. The fourth-order valence-corrected chi connectivity index (χ4v) is 4.50. The standard InChI is InChI=1S/2C13H19NO.2ClH/c2*15-13-7-6-12(8-13)10-14-9-11-4-2-1-3-5-11;;/h2*1-5,12-15H,6-10H2;2*1H/t2*12-,13-;;/m10../s1. The van der Waals surface area contributed by atoms with Gasteiger partial charge in [0.25, 0.3) is 0 Å². The molecular weight excluding hydrogens is 443 g/mol. The van der Waals surface area contributed by atoms with E-state index in [1.165, 1.54) is 24.0 Å². The average molecular weight is 484 g/mol. The fourth-order valence-electron chi connectivity index (χ4n) is 4.50. The molecule has 0 unspecified atom stereocenters. The van der Waals surface area contributed by atoms with Gasteiger partial charge in [-0.15, -0.1) is 24.8 Å². The molecule has 0 radical (unpaired) electrons. The molecule has 2 aromatic rings. The Hall–Kier alpha value is -1.14. The van der Waals surface area contributed by atoms with Crippen LogP contribution in [0.15, 0.2) is 60.7 Å². The summed E-state index contributed by atoms with van der Waals surface area (Å²) in [4.78, 5) is 0. The van der Waals surface area contributed by atoms with Crippen LogP contribution in [0.3, 0.4) is 0 Å². The Morgan fingerprint density at radius 2 is 0.969 bits per heavy atom. The molecule has 180 valence electrons. The van der Waals surface area contributed by atoms with Gasteiger partial charge in [0.2, 0.25) is 0 Å². The largest absolute Gasteiger partial charge is 0.393 e. The topological polar surface area (TPSA) is 64.5 Å².